The van der Waals surface area contributed by atoms with Crippen molar-refractivity contribution < 1.29 is 0 Å². The van der Waals surface area contributed by atoms with E-state index in [-0.39, 0.29) is 0 Å². The third-order valence-electron chi connectivity index (χ3n) is 2.19. The lowest BCUT2D eigenvalue weighted by Gasteiger charge is -2.05. The Morgan fingerprint density at radius 1 is 1.00 bits per heavy atom. The maximum absolute atomic E-state index is 5.75. The van der Waals surface area contributed by atoms with Crippen molar-refractivity contribution in [2.75, 3.05) is 5.73 Å². The summed E-state index contributed by atoms with van der Waals surface area (Å²) in [4.78, 5) is 16.6. The molecule has 0 aliphatic carbocycles. The molecular weight excluding hydrogens is 190 g/mol. The fraction of sp³-hybridized carbons (Fsp3) is 0.200. The molecule has 0 unspecified atom stereocenters. The van der Waals surface area contributed by atoms with Gasteiger partial charge in [-0.1, -0.05) is 0 Å². The average Bonchev–Trinajstić information content (AvgIpc) is 2.26. The molecule has 0 aliphatic rings. The normalized spacial score (nSPS) is 10.3. The summed E-state index contributed by atoms with van der Waals surface area (Å²) in [6, 6.07) is 1.74. The van der Waals surface area contributed by atoms with Crippen LogP contribution < -0.4 is 5.73 Å². The van der Waals surface area contributed by atoms with Gasteiger partial charge in [0.05, 0.1) is 0 Å². The Bertz CT molecular complexity index is 457. The van der Waals surface area contributed by atoms with Gasteiger partial charge in [0.25, 0.3) is 0 Å². The summed E-state index contributed by atoms with van der Waals surface area (Å²) in [7, 11) is 0. The van der Waals surface area contributed by atoms with Crippen LogP contribution in [0.1, 0.15) is 11.3 Å². The molecule has 0 atom stereocenters. The summed E-state index contributed by atoms with van der Waals surface area (Å²) in [5.41, 5.74) is 7.50. The molecule has 5 heteroatoms. The SMILES string of the molecule is Cc1nc(-c2ncccn2)nc(N)c1C. The van der Waals surface area contributed by atoms with Gasteiger partial charge in [0.2, 0.25) is 0 Å². The van der Waals surface area contributed by atoms with Gasteiger partial charge in [0.15, 0.2) is 11.6 Å². The van der Waals surface area contributed by atoms with Gasteiger partial charge < -0.3 is 5.73 Å². The molecule has 0 spiro atoms. The zero-order chi connectivity index (χ0) is 10.8. The summed E-state index contributed by atoms with van der Waals surface area (Å²) in [6.45, 7) is 3.78. The highest BCUT2D eigenvalue weighted by Crippen LogP contribution is 2.15. The van der Waals surface area contributed by atoms with Crippen molar-refractivity contribution >= 4 is 5.82 Å². The third-order valence-corrected chi connectivity index (χ3v) is 2.19. The Morgan fingerprint density at radius 2 is 1.67 bits per heavy atom. The van der Waals surface area contributed by atoms with Crippen LogP contribution in [0.5, 0.6) is 0 Å². The first-order valence-corrected chi connectivity index (χ1v) is 4.56. The molecule has 0 fully saturated rings. The number of aromatic nitrogens is 4. The van der Waals surface area contributed by atoms with Gasteiger partial charge in [0.1, 0.15) is 5.82 Å². The minimum atomic E-state index is 0.469. The number of hydrogen-bond acceptors (Lipinski definition) is 5. The molecule has 15 heavy (non-hydrogen) atoms. The van der Waals surface area contributed by atoms with Gasteiger partial charge in [-0.2, -0.15) is 0 Å². The largest absolute Gasteiger partial charge is 0.383 e. The van der Waals surface area contributed by atoms with Crippen LogP contribution in [0.2, 0.25) is 0 Å². The summed E-state index contributed by atoms with van der Waals surface area (Å²) in [5, 5.41) is 0. The highest BCUT2D eigenvalue weighted by molar-refractivity contribution is 5.50. The molecule has 0 amide bonds. The van der Waals surface area contributed by atoms with Gasteiger partial charge in [0, 0.05) is 23.7 Å². The van der Waals surface area contributed by atoms with Crippen molar-refractivity contribution in [3.63, 3.8) is 0 Å². The van der Waals surface area contributed by atoms with Gasteiger partial charge in [-0.25, -0.2) is 19.9 Å². The smallest absolute Gasteiger partial charge is 0.199 e. The lowest BCUT2D eigenvalue weighted by Crippen LogP contribution is -2.03. The Balaban J connectivity index is 2.56. The predicted molar refractivity (Wildman–Crippen MR) is 56.9 cm³/mol. The van der Waals surface area contributed by atoms with E-state index in [2.05, 4.69) is 19.9 Å². The van der Waals surface area contributed by atoms with Crippen LogP contribution in [0, 0.1) is 13.8 Å². The average molecular weight is 201 g/mol. The molecule has 0 radical (unpaired) electrons. The van der Waals surface area contributed by atoms with E-state index in [1.54, 1.807) is 18.5 Å². The van der Waals surface area contributed by atoms with Crippen LogP contribution >= 0.6 is 0 Å². The van der Waals surface area contributed by atoms with Crippen LogP contribution in [-0.2, 0) is 0 Å². The number of aryl methyl sites for hydroxylation is 1. The zero-order valence-corrected chi connectivity index (χ0v) is 8.60. The van der Waals surface area contributed by atoms with Gasteiger partial charge in [-0.3, -0.25) is 0 Å². The first kappa shape index (κ1) is 9.51. The second kappa shape index (κ2) is 3.61. The standard InChI is InChI=1S/C10H11N5/c1-6-7(2)14-10(15-8(6)11)9-12-4-3-5-13-9/h3-5H,1-2H3,(H2,11,14,15). The molecule has 2 N–H and O–H groups in total. The summed E-state index contributed by atoms with van der Waals surface area (Å²) in [5.74, 6) is 1.44. The number of nitrogens with zero attached hydrogens (tertiary/aromatic N) is 4. The molecular formula is C10H11N5. The minimum absolute atomic E-state index is 0.469. The number of nitrogen functional groups attached to an aromatic ring is 1. The van der Waals surface area contributed by atoms with E-state index in [9.17, 15) is 0 Å². The van der Waals surface area contributed by atoms with E-state index in [4.69, 9.17) is 5.73 Å². The van der Waals surface area contributed by atoms with Crippen molar-refractivity contribution in [2.45, 2.75) is 13.8 Å². The quantitative estimate of drug-likeness (QED) is 0.748. The molecule has 2 aromatic heterocycles. The van der Waals surface area contributed by atoms with E-state index >= 15 is 0 Å². The second-order valence-corrected chi connectivity index (χ2v) is 3.22. The molecule has 76 valence electrons. The number of hydrogen-bond donors (Lipinski definition) is 1. The zero-order valence-electron chi connectivity index (χ0n) is 8.60. The molecule has 2 rings (SSSR count). The van der Waals surface area contributed by atoms with E-state index < -0.39 is 0 Å². The lowest BCUT2D eigenvalue weighted by atomic mass is 10.2. The number of rotatable bonds is 1. The van der Waals surface area contributed by atoms with Crippen LogP contribution in [0.3, 0.4) is 0 Å². The Kier molecular flexibility index (Phi) is 2.29. The van der Waals surface area contributed by atoms with Crippen molar-refractivity contribution in [1.82, 2.24) is 19.9 Å². The summed E-state index contributed by atoms with van der Waals surface area (Å²) < 4.78 is 0. The van der Waals surface area contributed by atoms with E-state index in [0.29, 0.717) is 17.5 Å². The predicted octanol–water partition coefficient (Wildman–Crippen LogP) is 1.13. The Labute approximate surface area is 87.4 Å². The van der Waals surface area contributed by atoms with E-state index in [1.165, 1.54) is 0 Å². The van der Waals surface area contributed by atoms with E-state index in [1.807, 2.05) is 13.8 Å². The van der Waals surface area contributed by atoms with Crippen LogP contribution in [0.15, 0.2) is 18.5 Å². The fourth-order valence-corrected chi connectivity index (χ4v) is 1.17. The maximum atomic E-state index is 5.75. The van der Waals surface area contributed by atoms with Gasteiger partial charge >= 0.3 is 0 Å². The molecule has 0 aromatic carbocycles. The molecule has 5 nitrogen and oxygen atoms in total. The minimum Gasteiger partial charge on any atom is -0.383 e. The molecule has 0 saturated carbocycles. The lowest BCUT2D eigenvalue weighted by molar-refractivity contribution is 1.03. The monoisotopic (exact) mass is 201 g/mol. The summed E-state index contributed by atoms with van der Waals surface area (Å²) in [6.07, 6.45) is 3.30. The molecule has 0 saturated heterocycles. The van der Waals surface area contributed by atoms with Crippen molar-refractivity contribution in [1.29, 1.82) is 0 Å². The molecule has 0 aliphatic heterocycles. The molecule has 2 heterocycles. The van der Waals surface area contributed by atoms with Crippen LogP contribution in [0.4, 0.5) is 5.82 Å². The van der Waals surface area contributed by atoms with Crippen LogP contribution in [0.25, 0.3) is 11.6 Å². The van der Waals surface area contributed by atoms with Gasteiger partial charge in [-0.15, -0.1) is 0 Å². The topological polar surface area (TPSA) is 77.6 Å². The maximum Gasteiger partial charge on any atom is 0.199 e. The number of anilines is 1. The third kappa shape index (κ3) is 1.76. The first-order chi connectivity index (χ1) is 7.18. The molecule has 0 bridgehead atoms. The highest BCUT2D eigenvalue weighted by atomic mass is 15.0. The Morgan fingerprint density at radius 3 is 2.27 bits per heavy atom. The second-order valence-electron chi connectivity index (χ2n) is 3.22. The Hall–Kier alpha value is -2.04. The highest BCUT2D eigenvalue weighted by Gasteiger charge is 2.08. The van der Waals surface area contributed by atoms with Crippen molar-refractivity contribution in [2.24, 2.45) is 0 Å². The van der Waals surface area contributed by atoms with Gasteiger partial charge in [-0.05, 0) is 19.9 Å². The van der Waals surface area contributed by atoms with Crippen molar-refractivity contribution in [3.05, 3.63) is 29.7 Å². The summed E-state index contributed by atoms with van der Waals surface area (Å²) >= 11 is 0. The van der Waals surface area contributed by atoms with Crippen LogP contribution in [-0.4, -0.2) is 19.9 Å². The van der Waals surface area contributed by atoms with Crippen molar-refractivity contribution in [3.8, 4) is 11.6 Å². The molecule has 2 aromatic rings. The number of nitrogens with two attached hydrogens (primary N) is 1. The van der Waals surface area contributed by atoms with E-state index in [0.717, 1.165) is 11.3 Å². The first-order valence-electron chi connectivity index (χ1n) is 4.56. The fourth-order valence-electron chi connectivity index (χ4n) is 1.17.